The van der Waals surface area contributed by atoms with E-state index in [2.05, 4.69) is 41.9 Å². The number of rotatable bonds is 6. The van der Waals surface area contributed by atoms with E-state index in [9.17, 15) is 9.18 Å². The zero-order valence-electron chi connectivity index (χ0n) is 15.4. The lowest BCUT2D eigenvalue weighted by Gasteiger charge is -2.19. The number of esters is 1. The van der Waals surface area contributed by atoms with Crippen LogP contribution >= 0.6 is 22.9 Å². The Hall–Kier alpha value is -2.13. The van der Waals surface area contributed by atoms with Crippen molar-refractivity contribution in [3.8, 4) is 11.5 Å². The third-order valence-corrected chi connectivity index (χ3v) is 4.75. The molecule has 3 aromatic rings. The zero-order chi connectivity index (χ0) is 19.6. The molecule has 142 valence electrons. The summed E-state index contributed by atoms with van der Waals surface area (Å²) in [5.41, 5.74) is 1.71. The predicted octanol–water partition coefficient (Wildman–Crippen LogP) is 4.50. The molecule has 0 amide bonds. The van der Waals surface area contributed by atoms with Gasteiger partial charge < -0.3 is 14.5 Å². The summed E-state index contributed by atoms with van der Waals surface area (Å²) in [6.07, 6.45) is 2.74. The third kappa shape index (κ3) is 4.41. The van der Waals surface area contributed by atoms with Crippen LogP contribution in [0.3, 0.4) is 0 Å². The van der Waals surface area contributed by atoms with Crippen LogP contribution in [0.15, 0.2) is 42.6 Å². The van der Waals surface area contributed by atoms with Gasteiger partial charge in [0.05, 0.1) is 27.7 Å². The summed E-state index contributed by atoms with van der Waals surface area (Å²) in [6.45, 7) is 0.914. The topological polar surface area (TPSA) is 51.3 Å². The van der Waals surface area contributed by atoms with Crippen molar-refractivity contribution in [1.82, 2.24) is 4.98 Å². The molecule has 0 atom stereocenters. The monoisotopic (exact) mass is 483 g/mol. The quantitative estimate of drug-likeness (QED) is 0.243. The Morgan fingerprint density at radius 3 is 2.59 bits per heavy atom. The summed E-state index contributed by atoms with van der Waals surface area (Å²) < 4.78 is 25.7. The Morgan fingerprint density at radius 1 is 1.19 bits per heavy atom. The van der Waals surface area contributed by atoms with E-state index in [0.29, 0.717) is 5.75 Å². The lowest BCUT2D eigenvalue weighted by molar-refractivity contribution is -0.706. The summed E-state index contributed by atoms with van der Waals surface area (Å²) >= 11 is 2.36. The first kappa shape index (κ1) is 19.6. The number of methoxy groups -OCH3 is 1. The van der Waals surface area contributed by atoms with Crippen molar-refractivity contribution in [2.45, 2.75) is 6.42 Å². The zero-order valence-corrected chi connectivity index (χ0v) is 17.5. The number of halogens is 2. The van der Waals surface area contributed by atoms with Crippen LogP contribution in [0, 0.1) is 5.82 Å². The molecule has 0 saturated carbocycles. The van der Waals surface area contributed by atoms with Crippen LogP contribution in [0.5, 0.6) is 11.5 Å². The fourth-order valence-electron chi connectivity index (χ4n) is 2.91. The number of quaternary nitrogens is 1. The van der Waals surface area contributed by atoms with Crippen molar-refractivity contribution in [2.75, 3.05) is 27.7 Å². The number of likely N-dealkylation sites (N-methyl/N-ethyl adjacent to an activating group) is 1. The average molecular weight is 483 g/mol. The molecule has 3 rings (SSSR count). The van der Waals surface area contributed by atoms with Gasteiger partial charge in [0, 0.05) is 23.5 Å². The highest BCUT2D eigenvalue weighted by Crippen LogP contribution is 2.31. The highest BCUT2D eigenvalue weighted by Gasteiger charge is 2.22. The number of fused-ring (bicyclic) bond motifs is 1. The first-order chi connectivity index (χ1) is 12.8. The molecule has 1 aromatic heterocycles. The van der Waals surface area contributed by atoms with Crippen molar-refractivity contribution in [2.24, 2.45) is 0 Å². The summed E-state index contributed by atoms with van der Waals surface area (Å²) in [5, 5.41) is 0.839. The van der Waals surface area contributed by atoms with Crippen LogP contribution in [0.1, 0.15) is 15.9 Å². The SMILES string of the molecule is COc1cccc(F)c1C(=O)Oc1cccc2[nH]cc(CC[N+](C)(C)I)c12. The molecule has 1 N–H and O–H groups in total. The first-order valence-electron chi connectivity index (χ1n) is 8.46. The molecule has 2 aromatic carbocycles. The second-order valence-corrected chi connectivity index (χ2v) is 9.32. The normalized spacial score (nSPS) is 11.6. The Kier molecular flexibility index (Phi) is 5.71. The number of nitrogens with zero attached hydrogens (tertiary/aromatic N) is 1. The number of nitrogens with one attached hydrogen (secondary N) is 1. The minimum atomic E-state index is -0.783. The molecule has 7 heteroatoms. The smallest absolute Gasteiger partial charge is 0.350 e. The van der Waals surface area contributed by atoms with Gasteiger partial charge in [-0.15, -0.1) is 0 Å². The molecule has 0 fully saturated rings. The Bertz CT molecular complexity index is 979. The summed E-state index contributed by atoms with van der Waals surface area (Å²) in [4.78, 5) is 15.9. The molecule has 0 aliphatic rings. The number of hydrogen-bond donors (Lipinski definition) is 1. The second kappa shape index (κ2) is 7.85. The highest BCUT2D eigenvalue weighted by molar-refractivity contribution is 14.1. The maximum Gasteiger partial charge on any atom is 0.350 e. The van der Waals surface area contributed by atoms with E-state index in [4.69, 9.17) is 9.47 Å². The Labute approximate surface area is 171 Å². The molecule has 0 bridgehead atoms. The van der Waals surface area contributed by atoms with Crippen LogP contribution in [-0.4, -0.2) is 41.4 Å². The minimum absolute atomic E-state index is 0.144. The number of hydrogen-bond acceptors (Lipinski definition) is 3. The molecule has 5 nitrogen and oxygen atoms in total. The van der Waals surface area contributed by atoms with Crippen LogP contribution in [0.4, 0.5) is 4.39 Å². The third-order valence-electron chi connectivity index (χ3n) is 4.26. The van der Waals surface area contributed by atoms with Crippen molar-refractivity contribution in [3.63, 3.8) is 0 Å². The maximum absolute atomic E-state index is 14.2. The van der Waals surface area contributed by atoms with Gasteiger partial charge in [-0.3, -0.25) is 2.70 Å². The van der Waals surface area contributed by atoms with E-state index in [1.165, 1.54) is 25.3 Å². The van der Waals surface area contributed by atoms with E-state index >= 15 is 0 Å². The Morgan fingerprint density at radius 2 is 1.89 bits per heavy atom. The van der Waals surface area contributed by atoms with E-state index in [1.54, 1.807) is 12.1 Å². The van der Waals surface area contributed by atoms with Gasteiger partial charge in [0.15, 0.2) is 0 Å². The number of aromatic amines is 1. The van der Waals surface area contributed by atoms with Gasteiger partial charge in [0.1, 0.15) is 22.9 Å². The maximum atomic E-state index is 14.2. The van der Waals surface area contributed by atoms with Gasteiger partial charge in [-0.05, 0) is 29.8 Å². The fourth-order valence-corrected chi connectivity index (χ4v) is 3.15. The van der Waals surface area contributed by atoms with Crippen LogP contribution in [-0.2, 0) is 6.42 Å². The van der Waals surface area contributed by atoms with Crippen molar-refractivity contribution >= 4 is 39.7 Å². The van der Waals surface area contributed by atoms with Gasteiger partial charge in [-0.25, -0.2) is 9.18 Å². The van der Waals surface area contributed by atoms with Gasteiger partial charge >= 0.3 is 5.97 Å². The van der Waals surface area contributed by atoms with Gasteiger partial charge in [0.2, 0.25) is 22.9 Å². The summed E-state index contributed by atoms with van der Waals surface area (Å²) in [5.74, 6) is -0.914. The van der Waals surface area contributed by atoms with E-state index < -0.39 is 11.8 Å². The number of H-pyrrole nitrogens is 1. The second-order valence-electron chi connectivity index (χ2n) is 6.71. The molecule has 1 heterocycles. The average Bonchev–Trinajstić information content (AvgIpc) is 3.03. The molecular weight excluding hydrogens is 462 g/mol. The van der Waals surface area contributed by atoms with Crippen LogP contribution < -0.4 is 9.47 Å². The molecule has 0 radical (unpaired) electrons. The van der Waals surface area contributed by atoms with E-state index in [-0.39, 0.29) is 11.3 Å². The number of carbonyl (C=O) groups is 1. The Balaban J connectivity index is 1.96. The number of ether oxygens (including phenoxy) is 2. The van der Waals surface area contributed by atoms with Gasteiger partial charge in [0.25, 0.3) is 0 Å². The predicted molar refractivity (Wildman–Crippen MR) is 111 cm³/mol. The fraction of sp³-hybridized carbons (Fsp3) is 0.250. The molecule has 0 unspecified atom stereocenters. The first-order valence-corrected chi connectivity index (χ1v) is 9.43. The van der Waals surface area contributed by atoms with Crippen molar-refractivity contribution in [1.29, 1.82) is 0 Å². The van der Waals surface area contributed by atoms with Gasteiger partial charge in [-0.2, -0.15) is 0 Å². The van der Waals surface area contributed by atoms with Crippen molar-refractivity contribution < 1.29 is 21.4 Å². The van der Waals surface area contributed by atoms with Crippen LogP contribution in [0.2, 0.25) is 0 Å². The lowest BCUT2D eigenvalue weighted by Crippen LogP contribution is -2.29. The number of carbonyl (C=O) groups excluding carboxylic acids is 1. The van der Waals surface area contributed by atoms with E-state index in [1.807, 2.05) is 12.3 Å². The molecule has 0 spiro atoms. The minimum Gasteiger partial charge on any atom is -0.496 e. The molecular formula is C20H21FIN2O3+. The van der Waals surface area contributed by atoms with E-state index in [0.717, 1.165) is 32.1 Å². The number of benzene rings is 2. The standard InChI is InChI=1S/C20H21FIN2O3/c1-24(2,22)11-10-13-12-23-15-7-5-9-17(18(13)15)27-20(25)19-14(21)6-4-8-16(19)26-3/h4-9,12,23H,10-11H2,1-3H3/q+1. The molecule has 0 aliphatic carbocycles. The largest absolute Gasteiger partial charge is 0.496 e. The van der Waals surface area contributed by atoms with Gasteiger partial charge in [-0.1, -0.05) is 12.1 Å². The summed E-state index contributed by atoms with van der Waals surface area (Å²) in [7, 11) is 5.61. The lowest BCUT2D eigenvalue weighted by atomic mass is 10.1. The molecule has 0 saturated heterocycles. The van der Waals surface area contributed by atoms with Crippen molar-refractivity contribution in [3.05, 3.63) is 59.5 Å². The highest BCUT2D eigenvalue weighted by atomic mass is 127. The molecule has 27 heavy (non-hydrogen) atoms. The number of aromatic nitrogens is 1. The summed E-state index contributed by atoms with van der Waals surface area (Å²) in [6, 6.07) is 9.66. The molecule has 0 aliphatic heterocycles. The van der Waals surface area contributed by atoms with Crippen LogP contribution in [0.25, 0.3) is 10.9 Å².